The minimum Gasteiger partial charge on any atom is -0.494 e. The van der Waals surface area contributed by atoms with Crippen LogP contribution < -0.4 is 10.1 Å². The van der Waals surface area contributed by atoms with Gasteiger partial charge in [-0.15, -0.1) is 0 Å². The van der Waals surface area contributed by atoms with Crippen LogP contribution in [0.2, 0.25) is 0 Å². The summed E-state index contributed by atoms with van der Waals surface area (Å²) in [6.45, 7) is 5.13. The van der Waals surface area contributed by atoms with Crippen molar-refractivity contribution in [2.24, 2.45) is 0 Å². The highest BCUT2D eigenvalue weighted by molar-refractivity contribution is 9.11. The number of methoxy groups -OCH3 is 1. The summed E-state index contributed by atoms with van der Waals surface area (Å²) in [5.41, 5.74) is 0.0206. The molecule has 2 N–H and O–H groups in total. The van der Waals surface area contributed by atoms with Gasteiger partial charge in [-0.1, -0.05) is 0 Å². The molecule has 0 aliphatic rings. The number of ether oxygens (including phenoxy) is 2. The quantitative estimate of drug-likeness (QED) is 0.710. The highest BCUT2D eigenvalue weighted by Gasteiger charge is 2.24. The van der Waals surface area contributed by atoms with Crippen LogP contribution in [0, 0.1) is 0 Å². The van der Waals surface area contributed by atoms with E-state index in [1.54, 1.807) is 32.9 Å². The maximum atomic E-state index is 11.8. The third kappa shape index (κ3) is 6.39. The standard InChI is InChI=1S/C15H19Br2NO5/c1-15(2,3)23-14(21)18-11(13(19)20)7-8-5-9(16)12(22-4)10(17)6-8/h5-6,11H,7H2,1-4H3,(H,18,21)(H,19,20). The topological polar surface area (TPSA) is 84.9 Å². The van der Waals surface area contributed by atoms with E-state index in [9.17, 15) is 14.7 Å². The van der Waals surface area contributed by atoms with Crippen molar-refractivity contribution in [2.75, 3.05) is 7.11 Å². The molecule has 0 heterocycles. The van der Waals surface area contributed by atoms with Gasteiger partial charge in [0.1, 0.15) is 17.4 Å². The van der Waals surface area contributed by atoms with Gasteiger partial charge in [-0.05, 0) is 70.3 Å². The Morgan fingerprint density at radius 1 is 1.26 bits per heavy atom. The largest absolute Gasteiger partial charge is 0.494 e. The summed E-state index contributed by atoms with van der Waals surface area (Å²) >= 11 is 6.72. The van der Waals surface area contributed by atoms with Gasteiger partial charge in [0, 0.05) is 6.42 Å². The molecule has 1 unspecified atom stereocenters. The zero-order chi connectivity index (χ0) is 17.8. The number of carboxylic acids is 1. The highest BCUT2D eigenvalue weighted by atomic mass is 79.9. The van der Waals surface area contributed by atoms with E-state index in [-0.39, 0.29) is 6.42 Å². The summed E-state index contributed by atoms with van der Waals surface area (Å²) < 4.78 is 11.7. The molecule has 0 spiro atoms. The molecule has 23 heavy (non-hydrogen) atoms. The second-order valence-corrected chi connectivity index (χ2v) is 7.54. The van der Waals surface area contributed by atoms with Gasteiger partial charge in [0.25, 0.3) is 0 Å². The van der Waals surface area contributed by atoms with E-state index in [1.165, 1.54) is 7.11 Å². The third-order valence-electron chi connectivity index (χ3n) is 2.69. The van der Waals surface area contributed by atoms with Crippen molar-refractivity contribution in [3.8, 4) is 5.75 Å². The molecular formula is C15H19Br2NO5. The Hall–Kier alpha value is -1.28. The molecule has 0 aliphatic heterocycles. The van der Waals surface area contributed by atoms with Gasteiger partial charge < -0.3 is 19.9 Å². The lowest BCUT2D eigenvalue weighted by molar-refractivity contribution is -0.139. The van der Waals surface area contributed by atoms with Gasteiger partial charge in [-0.25, -0.2) is 9.59 Å². The molecule has 128 valence electrons. The van der Waals surface area contributed by atoms with Crippen LogP contribution >= 0.6 is 31.9 Å². The Kier molecular flexibility index (Phi) is 6.88. The van der Waals surface area contributed by atoms with Crippen LogP contribution in [-0.2, 0) is 16.0 Å². The van der Waals surface area contributed by atoms with Crippen molar-refractivity contribution in [1.82, 2.24) is 5.32 Å². The number of nitrogens with one attached hydrogen (secondary N) is 1. The van der Waals surface area contributed by atoms with Crippen LogP contribution in [0.25, 0.3) is 0 Å². The Morgan fingerprint density at radius 2 is 1.78 bits per heavy atom. The first kappa shape index (κ1) is 19.8. The summed E-state index contributed by atoms with van der Waals surface area (Å²) in [7, 11) is 1.54. The SMILES string of the molecule is COc1c(Br)cc(CC(NC(=O)OC(C)(C)C)C(=O)O)cc1Br. The van der Waals surface area contributed by atoms with Crippen molar-refractivity contribution in [3.63, 3.8) is 0 Å². The van der Waals surface area contributed by atoms with Crippen LogP contribution in [0.1, 0.15) is 26.3 Å². The second-order valence-electron chi connectivity index (χ2n) is 5.83. The number of benzene rings is 1. The molecule has 0 aromatic heterocycles. The number of hydrogen-bond acceptors (Lipinski definition) is 4. The molecule has 8 heteroatoms. The Labute approximate surface area is 151 Å². The molecule has 0 saturated carbocycles. The van der Waals surface area contributed by atoms with Crippen molar-refractivity contribution in [3.05, 3.63) is 26.6 Å². The molecule has 1 amide bonds. The Balaban J connectivity index is 2.89. The van der Waals surface area contributed by atoms with E-state index < -0.39 is 23.7 Å². The van der Waals surface area contributed by atoms with Gasteiger partial charge in [-0.2, -0.15) is 0 Å². The first-order valence-electron chi connectivity index (χ1n) is 6.77. The molecule has 1 aromatic carbocycles. The van der Waals surface area contributed by atoms with Crippen LogP contribution in [0.5, 0.6) is 5.75 Å². The summed E-state index contributed by atoms with van der Waals surface area (Å²) in [5, 5.41) is 11.7. The van der Waals surface area contributed by atoms with Crippen LogP contribution in [-0.4, -0.2) is 35.9 Å². The lowest BCUT2D eigenvalue weighted by Gasteiger charge is -2.22. The fourth-order valence-electron chi connectivity index (χ4n) is 1.81. The maximum Gasteiger partial charge on any atom is 0.408 e. The van der Waals surface area contributed by atoms with Crippen LogP contribution in [0.3, 0.4) is 0 Å². The van der Waals surface area contributed by atoms with E-state index in [2.05, 4.69) is 37.2 Å². The van der Waals surface area contributed by atoms with Crippen molar-refractivity contribution in [1.29, 1.82) is 0 Å². The minimum absolute atomic E-state index is 0.107. The average molecular weight is 453 g/mol. The van der Waals surface area contributed by atoms with Crippen LogP contribution in [0.4, 0.5) is 4.79 Å². The van der Waals surface area contributed by atoms with Crippen molar-refractivity contribution >= 4 is 43.9 Å². The van der Waals surface area contributed by atoms with Crippen molar-refractivity contribution < 1.29 is 24.2 Å². The van der Waals surface area contributed by atoms with Gasteiger partial charge in [0.2, 0.25) is 0 Å². The zero-order valence-electron chi connectivity index (χ0n) is 13.3. The lowest BCUT2D eigenvalue weighted by atomic mass is 10.1. The molecule has 0 saturated heterocycles. The fraction of sp³-hybridized carbons (Fsp3) is 0.467. The molecule has 0 fully saturated rings. The molecule has 0 radical (unpaired) electrons. The van der Waals surface area contributed by atoms with E-state index in [1.807, 2.05) is 0 Å². The number of alkyl carbamates (subject to hydrolysis) is 1. The molecule has 1 aromatic rings. The molecule has 0 bridgehead atoms. The Bertz CT molecular complexity index is 575. The van der Waals surface area contributed by atoms with Gasteiger partial charge in [0.15, 0.2) is 0 Å². The van der Waals surface area contributed by atoms with E-state index in [0.717, 1.165) is 0 Å². The summed E-state index contributed by atoms with van der Waals surface area (Å²) in [6, 6.07) is 2.39. The average Bonchev–Trinajstić information content (AvgIpc) is 2.35. The first-order chi connectivity index (χ1) is 10.5. The second kappa shape index (κ2) is 8.01. The normalized spacial score (nSPS) is 12.4. The summed E-state index contributed by atoms with van der Waals surface area (Å²) in [6.07, 6.45) is -0.660. The summed E-state index contributed by atoms with van der Waals surface area (Å²) in [4.78, 5) is 23.1. The molecule has 0 aliphatic carbocycles. The number of carboxylic acid groups (broad SMARTS) is 1. The molecule has 1 atom stereocenters. The number of aliphatic carboxylic acids is 1. The molecule has 1 rings (SSSR count). The van der Waals surface area contributed by atoms with Gasteiger partial charge in [0.05, 0.1) is 16.1 Å². The monoisotopic (exact) mass is 451 g/mol. The fourth-order valence-corrected chi connectivity index (χ4v) is 3.42. The van der Waals surface area contributed by atoms with E-state index >= 15 is 0 Å². The first-order valence-corrected chi connectivity index (χ1v) is 8.36. The molecular weight excluding hydrogens is 434 g/mol. The smallest absolute Gasteiger partial charge is 0.408 e. The number of amides is 1. The zero-order valence-corrected chi connectivity index (χ0v) is 16.4. The summed E-state index contributed by atoms with van der Waals surface area (Å²) in [5.74, 6) is -0.528. The number of rotatable bonds is 5. The number of carbonyl (C=O) groups excluding carboxylic acids is 1. The predicted octanol–water partition coefficient (Wildman–Crippen LogP) is 3.74. The van der Waals surface area contributed by atoms with E-state index in [0.29, 0.717) is 20.3 Å². The minimum atomic E-state index is -1.14. The van der Waals surface area contributed by atoms with Gasteiger partial charge >= 0.3 is 12.1 Å². The number of carbonyl (C=O) groups is 2. The predicted molar refractivity (Wildman–Crippen MR) is 92.9 cm³/mol. The van der Waals surface area contributed by atoms with Gasteiger partial charge in [-0.3, -0.25) is 0 Å². The lowest BCUT2D eigenvalue weighted by Crippen LogP contribution is -2.44. The molecule has 6 nitrogen and oxygen atoms in total. The Morgan fingerprint density at radius 3 is 2.17 bits per heavy atom. The van der Waals surface area contributed by atoms with Crippen molar-refractivity contribution in [2.45, 2.75) is 38.8 Å². The van der Waals surface area contributed by atoms with E-state index in [4.69, 9.17) is 9.47 Å². The third-order valence-corrected chi connectivity index (χ3v) is 3.87. The number of hydrogen-bond donors (Lipinski definition) is 2. The highest BCUT2D eigenvalue weighted by Crippen LogP contribution is 2.34. The van der Waals surface area contributed by atoms with Crippen LogP contribution in [0.15, 0.2) is 21.1 Å². The number of halogens is 2. The maximum absolute atomic E-state index is 11.8.